The Bertz CT molecular complexity index is 325. The maximum atomic E-state index is 11.1. The van der Waals surface area contributed by atoms with Gasteiger partial charge in [0.05, 0.1) is 12.3 Å². The van der Waals surface area contributed by atoms with Crippen molar-refractivity contribution in [3.8, 4) is 0 Å². The van der Waals surface area contributed by atoms with Crippen LogP contribution in [0.25, 0.3) is 0 Å². The van der Waals surface area contributed by atoms with Crippen molar-refractivity contribution in [2.45, 2.75) is 24.8 Å². The fraction of sp³-hybridized carbons (Fsp3) is 0.500. The monoisotopic (exact) mass is 228 g/mol. The van der Waals surface area contributed by atoms with Crippen molar-refractivity contribution < 1.29 is 9.21 Å². The summed E-state index contributed by atoms with van der Waals surface area (Å²) in [6.45, 7) is 4.58. The number of aryl methyl sites for hydroxylation is 1. The fourth-order valence-electron chi connectivity index (χ4n) is 1.18. The molecule has 1 rings (SSSR count). The first-order valence-electron chi connectivity index (χ1n) is 4.84. The summed E-state index contributed by atoms with van der Waals surface area (Å²) in [7, 11) is 0. The first-order valence-corrected chi connectivity index (χ1v) is 5.83. The predicted octanol–water partition coefficient (Wildman–Crippen LogP) is 1.14. The first kappa shape index (κ1) is 12.1. The summed E-state index contributed by atoms with van der Waals surface area (Å²) in [5, 5.41) is 3.04. The molecule has 15 heavy (non-hydrogen) atoms. The number of nitrogens with one attached hydrogen (secondary N) is 1. The molecule has 0 aromatic carbocycles. The molecule has 1 aromatic rings. The van der Waals surface area contributed by atoms with E-state index in [1.165, 1.54) is 0 Å². The van der Waals surface area contributed by atoms with Crippen molar-refractivity contribution in [2.24, 2.45) is 5.73 Å². The van der Waals surface area contributed by atoms with Crippen LogP contribution in [0.2, 0.25) is 0 Å². The number of carbonyl (C=O) groups is 1. The second kappa shape index (κ2) is 5.82. The van der Waals surface area contributed by atoms with Crippen LogP contribution in [0.15, 0.2) is 21.6 Å². The van der Waals surface area contributed by atoms with Crippen LogP contribution < -0.4 is 11.1 Å². The van der Waals surface area contributed by atoms with Crippen molar-refractivity contribution in [1.29, 1.82) is 0 Å². The van der Waals surface area contributed by atoms with Gasteiger partial charge in [-0.2, -0.15) is 0 Å². The number of likely N-dealkylation sites (N-methyl/N-ethyl adjacent to an activating group) is 1. The number of hydrogen-bond donors (Lipinski definition) is 2. The minimum Gasteiger partial charge on any atom is -0.468 e. The SMILES string of the molecule is CCNC(CSc1ccoc1C)C(N)=O. The Morgan fingerprint density at radius 1 is 1.73 bits per heavy atom. The number of amides is 1. The first-order chi connectivity index (χ1) is 7.15. The second-order valence-electron chi connectivity index (χ2n) is 3.16. The maximum absolute atomic E-state index is 11.1. The van der Waals surface area contributed by atoms with E-state index in [4.69, 9.17) is 10.2 Å². The highest BCUT2D eigenvalue weighted by Gasteiger charge is 2.14. The minimum atomic E-state index is -0.314. The molecule has 0 saturated carbocycles. The lowest BCUT2D eigenvalue weighted by Crippen LogP contribution is -2.42. The summed E-state index contributed by atoms with van der Waals surface area (Å²) in [5.74, 6) is 1.19. The van der Waals surface area contributed by atoms with Crippen LogP contribution in [0.5, 0.6) is 0 Å². The Kier molecular flexibility index (Phi) is 4.71. The molecule has 0 spiro atoms. The molecule has 0 fully saturated rings. The fourth-order valence-corrected chi connectivity index (χ4v) is 2.22. The molecule has 0 aliphatic heterocycles. The molecular formula is C10H16N2O2S. The highest BCUT2D eigenvalue weighted by Crippen LogP contribution is 2.23. The Hall–Kier alpha value is -0.940. The third-order valence-electron chi connectivity index (χ3n) is 2.01. The Balaban J connectivity index is 2.47. The van der Waals surface area contributed by atoms with E-state index in [0.717, 1.165) is 17.2 Å². The smallest absolute Gasteiger partial charge is 0.235 e. The average Bonchev–Trinajstić information content (AvgIpc) is 2.58. The molecule has 1 unspecified atom stereocenters. The molecule has 0 aliphatic carbocycles. The molecule has 1 amide bonds. The third-order valence-corrected chi connectivity index (χ3v) is 3.25. The summed E-state index contributed by atoms with van der Waals surface area (Å²) in [6.07, 6.45) is 1.64. The van der Waals surface area contributed by atoms with Crippen LogP contribution in [0.1, 0.15) is 12.7 Å². The number of carbonyl (C=O) groups excluding carboxylic acids is 1. The topological polar surface area (TPSA) is 68.3 Å². The molecule has 84 valence electrons. The second-order valence-corrected chi connectivity index (χ2v) is 4.23. The highest BCUT2D eigenvalue weighted by molar-refractivity contribution is 7.99. The predicted molar refractivity (Wildman–Crippen MR) is 60.8 cm³/mol. The molecule has 0 saturated heterocycles. The zero-order chi connectivity index (χ0) is 11.3. The standard InChI is InChI=1S/C10H16N2O2S/c1-3-12-8(10(11)13)6-15-9-4-5-14-7(9)2/h4-5,8,12H,3,6H2,1-2H3,(H2,11,13). The van der Waals surface area contributed by atoms with Crippen molar-refractivity contribution in [3.63, 3.8) is 0 Å². The van der Waals surface area contributed by atoms with Gasteiger partial charge in [0.1, 0.15) is 5.76 Å². The van der Waals surface area contributed by atoms with Gasteiger partial charge < -0.3 is 15.5 Å². The van der Waals surface area contributed by atoms with E-state index in [9.17, 15) is 4.79 Å². The van der Waals surface area contributed by atoms with Gasteiger partial charge in [0, 0.05) is 10.6 Å². The lowest BCUT2D eigenvalue weighted by Gasteiger charge is -2.12. The van der Waals surface area contributed by atoms with Crippen LogP contribution in [0, 0.1) is 6.92 Å². The van der Waals surface area contributed by atoms with Crippen LogP contribution in [-0.2, 0) is 4.79 Å². The van der Waals surface area contributed by atoms with Crippen molar-refractivity contribution >= 4 is 17.7 Å². The van der Waals surface area contributed by atoms with Crippen LogP contribution in [-0.4, -0.2) is 24.2 Å². The molecular weight excluding hydrogens is 212 g/mol. The lowest BCUT2D eigenvalue weighted by molar-refractivity contribution is -0.119. The molecule has 1 heterocycles. The van der Waals surface area contributed by atoms with Gasteiger partial charge in [-0.1, -0.05) is 6.92 Å². The van der Waals surface area contributed by atoms with E-state index in [-0.39, 0.29) is 11.9 Å². The van der Waals surface area contributed by atoms with E-state index in [2.05, 4.69) is 5.32 Å². The summed E-state index contributed by atoms with van der Waals surface area (Å²) >= 11 is 1.57. The van der Waals surface area contributed by atoms with Crippen LogP contribution in [0.4, 0.5) is 0 Å². The van der Waals surface area contributed by atoms with Crippen LogP contribution >= 0.6 is 11.8 Å². The molecule has 5 heteroatoms. The van der Waals surface area contributed by atoms with E-state index in [0.29, 0.717) is 5.75 Å². The zero-order valence-corrected chi connectivity index (χ0v) is 9.76. The van der Waals surface area contributed by atoms with E-state index >= 15 is 0 Å². The number of rotatable bonds is 6. The number of primary amides is 1. The third kappa shape index (κ3) is 3.60. The zero-order valence-electron chi connectivity index (χ0n) is 8.95. The molecule has 4 nitrogen and oxygen atoms in total. The van der Waals surface area contributed by atoms with Crippen LogP contribution in [0.3, 0.4) is 0 Å². The van der Waals surface area contributed by atoms with Gasteiger partial charge in [-0.3, -0.25) is 4.79 Å². The largest absolute Gasteiger partial charge is 0.468 e. The number of hydrogen-bond acceptors (Lipinski definition) is 4. The van der Waals surface area contributed by atoms with Crippen molar-refractivity contribution in [2.75, 3.05) is 12.3 Å². The van der Waals surface area contributed by atoms with Gasteiger partial charge >= 0.3 is 0 Å². The normalized spacial score (nSPS) is 12.7. The number of furan rings is 1. The van der Waals surface area contributed by atoms with E-state index in [1.54, 1.807) is 18.0 Å². The number of thioether (sulfide) groups is 1. The molecule has 1 atom stereocenters. The number of nitrogens with two attached hydrogens (primary N) is 1. The summed E-state index contributed by atoms with van der Waals surface area (Å²) in [5.41, 5.74) is 5.26. The summed E-state index contributed by atoms with van der Waals surface area (Å²) in [4.78, 5) is 12.1. The minimum absolute atomic E-state index is 0.283. The summed E-state index contributed by atoms with van der Waals surface area (Å²) in [6, 6.07) is 1.61. The van der Waals surface area contributed by atoms with Gasteiger partial charge in [0.2, 0.25) is 5.91 Å². The van der Waals surface area contributed by atoms with E-state index in [1.807, 2.05) is 19.9 Å². The molecule has 0 aliphatic rings. The molecule has 0 bridgehead atoms. The highest BCUT2D eigenvalue weighted by atomic mass is 32.2. The quantitative estimate of drug-likeness (QED) is 0.716. The van der Waals surface area contributed by atoms with Gasteiger partial charge in [-0.25, -0.2) is 0 Å². The molecule has 0 radical (unpaired) electrons. The van der Waals surface area contributed by atoms with E-state index < -0.39 is 0 Å². The maximum Gasteiger partial charge on any atom is 0.235 e. The Labute approximate surface area is 93.6 Å². The average molecular weight is 228 g/mol. The lowest BCUT2D eigenvalue weighted by atomic mass is 10.3. The Morgan fingerprint density at radius 2 is 2.47 bits per heavy atom. The molecule has 1 aromatic heterocycles. The van der Waals surface area contributed by atoms with Crippen molar-refractivity contribution in [3.05, 3.63) is 18.1 Å². The van der Waals surface area contributed by atoms with Gasteiger partial charge in [-0.15, -0.1) is 11.8 Å². The van der Waals surface area contributed by atoms with Gasteiger partial charge in [-0.05, 0) is 19.5 Å². The van der Waals surface area contributed by atoms with Crippen molar-refractivity contribution in [1.82, 2.24) is 5.32 Å². The van der Waals surface area contributed by atoms with Gasteiger partial charge in [0.15, 0.2) is 0 Å². The molecule has 3 N–H and O–H groups in total. The Morgan fingerprint density at radius 3 is 2.93 bits per heavy atom. The van der Waals surface area contributed by atoms with Gasteiger partial charge in [0.25, 0.3) is 0 Å². The summed E-state index contributed by atoms with van der Waals surface area (Å²) < 4.78 is 5.16.